The molecule has 0 aliphatic heterocycles. The van der Waals surface area contributed by atoms with E-state index in [4.69, 9.17) is 0 Å². The summed E-state index contributed by atoms with van der Waals surface area (Å²) in [4.78, 5) is 13.6. The van der Waals surface area contributed by atoms with Crippen LogP contribution < -0.4 is 0 Å². The summed E-state index contributed by atoms with van der Waals surface area (Å²) >= 11 is 5.29. The molecule has 0 aromatic carbocycles. The average Bonchev–Trinajstić information content (AvgIpc) is 2.01. The van der Waals surface area contributed by atoms with E-state index in [1.165, 1.54) is 0 Å². The van der Waals surface area contributed by atoms with Gasteiger partial charge in [0.15, 0.2) is 0 Å². The van der Waals surface area contributed by atoms with Crippen LogP contribution in [0.1, 0.15) is 27.7 Å². The van der Waals surface area contributed by atoms with Crippen molar-refractivity contribution in [2.45, 2.75) is 39.8 Å². The van der Waals surface area contributed by atoms with Gasteiger partial charge in [0.1, 0.15) is 0 Å². The average molecular weight is 360 g/mol. The first-order chi connectivity index (χ1) is 5.91. The van der Waals surface area contributed by atoms with E-state index in [0.29, 0.717) is 4.48 Å². The molecule has 0 fully saturated rings. The Labute approximate surface area is 102 Å². The Morgan fingerprint density at radius 3 is 1.92 bits per heavy atom. The van der Waals surface area contributed by atoms with Crippen LogP contribution in [0.25, 0.3) is 0 Å². The van der Waals surface area contributed by atoms with Gasteiger partial charge in [-0.2, -0.15) is 0 Å². The van der Waals surface area contributed by atoms with Crippen molar-refractivity contribution in [2.24, 2.45) is 0 Å². The van der Waals surface area contributed by atoms with Crippen molar-refractivity contribution in [3.63, 3.8) is 0 Å². The van der Waals surface area contributed by atoms with E-state index in [2.05, 4.69) is 38.5 Å². The van der Waals surface area contributed by atoms with Gasteiger partial charge in [-0.25, -0.2) is 0 Å². The van der Waals surface area contributed by atoms with Gasteiger partial charge >= 0.3 is 0 Å². The van der Waals surface area contributed by atoms with Gasteiger partial charge in [0.05, 0.1) is 4.48 Å². The van der Waals surface area contributed by atoms with Gasteiger partial charge in [-0.05, 0) is 47.7 Å². The Hall–Kier alpha value is 0.420. The third kappa shape index (κ3) is 3.97. The van der Waals surface area contributed by atoms with Crippen LogP contribution in [0.3, 0.4) is 0 Å². The Balaban J connectivity index is 4.67. The van der Waals surface area contributed by atoms with Crippen LogP contribution in [-0.4, -0.2) is 22.9 Å². The molecule has 0 saturated heterocycles. The molecule has 0 spiro atoms. The van der Waals surface area contributed by atoms with Gasteiger partial charge in [-0.1, -0.05) is 22.6 Å². The molecule has 0 aliphatic rings. The fraction of sp³-hybridized carbons (Fsp3) is 0.667. The largest absolute Gasteiger partial charge is 0.333 e. The second-order valence-electron chi connectivity index (χ2n) is 3.36. The minimum Gasteiger partial charge on any atom is -0.333 e. The lowest BCUT2D eigenvalue weighted by atomic mass is 10.2. The van der Waals surface area contributed by atoms with Crippen molar-refractivity contribution in [1.82, 2.24) is 4.90 Å². The Bertz CT molecular complexity index is 206. The maximum Gasteiger partial charge on any atom is 0.261 e. The van der Waals surface area contributed by atoms with Crippen molar-refractivity contribution < 1.29 is 4.79 Å². The van der Waals surface area contributed by atoms with E-state index in [1.807, 2.05) is 32.6 Å². The highest BCUT2D eigenvalue weighted by Gasteiger charge is 2.21. The molecule has 76 valence electrons. The fourth-order valence-corrected chi connectivity index (χ4v) is 1.71. The predicted molar refractivity (Wildman–Crippen MR) is 68.1 cm³/mol. The van der Waals surface area contributed by atoms with Gasteiger partial charge in [0.2, 0.25) is 0 Å². The molecule has 0 aromatic heterocycles. The van der Waals surface area contributed by atoms with Gasteiger partial charge in [0.25, 0.3) is 5.91 Å². The van der Waals surface area contributed by atoms with E-state index in [9.17, 15) is 4.79 Å². The lowest BCUT2D eigenvalue weighted by Gasteiger charge is -2.30. The SMILES string of the molecule is CC(C)N(C(=O)/C(Br)=C/I)C(C)C. The second-order valence-corrected chi connectivity index (χ2v) is 4.83. The summed E-state index contributed by atoms with van der Waals surface area (Å²) in [6.45, 7) is 8.08. The summed E-state index contributed by atoms with van der Waals surface area (Å²) in [5, 5.41) is 0. The number of hydrogen-bond acceptors (Lipinski definition) is 1. The summed E-state index contributed by atoms with van der Waals surface area (Å²) in [6.07, 6.45) is 0. The van der Waals surface area contributed by atoms with Gasteiger partial charge < -0.3 is 4.90 Å². The topological polar surface area (TPSA) is 20.3 Å². The van der Waals surface area contributed by atoms with E-state index < -0.39 is 0 Å². The zero-order chi connectivity index (χ0) is 10.6. The first-order valence-electron chi connectivity index (χ1n) is 4.20. The second kappa shape index (κ2) is 6.01. The molecule has 0 saturated carbocycles. The first kappa shape index (κ1) is 13.4. The smallest absolute Gasteiger partial charge is 0.261 e. The van der Waals surface area contributed by atoms with Crippen molar-refractivity contribution in [2.75, 3.05) is 0 Å². The number of hydrogen-bond donors (Lipinski definition) is 0. The molecule has 0 bridgehead atoms. The van der Waals surface area contributed by atoms with Crippen LogP contribution in [0, 0.1) is 0 Å². The lowest BCUT2D eigenvalue weighted by molar-refractivity contribution is -0.129. The van der Waals surface area contributed by atoms with Crippen LogP contribution in [0.2, 0.25) is 0 Å². The Morgan fingerprint density at radius 1 is 1.31 bits per heavy atom. The van der Waals surface area contributed by atoms with E-state index in [-0.39, 0.29) is 18.0 Å². The number of carbonyl (C=O) groups excluding carboxylic acids is 1. The van der Waals surface area contributed by atoms with Crippen LogP contribution in [-0.2, 0) is 4.79 Å². The zero-order valence-electron chi connectivity index (χ0n) is 8.34. The molecule has 0 N–H and O–H groups in total. The molecule has 4 heteroatoms. The zero-order valence-corrected chi connectivity index (χ0v) is 12.1. The summed E-state index contributed by atoms with van der Waals surface area (Å²) in [5.74, 6) is 0.0550. The Kier molecular flexibility index (Phi) is 6.20. The molecular formula is C9H15BrINO. The summed E-state index contributed by atoms with van der Waals surface area (Å²) in [6, 6.07) is 0.466. The highest BCUT2D eigenvalue weighted by Crippen LogP contribution is 2.16. The van der Waals surface area contributed by atoms with Gasteiger partial charge in [-0.3, -0.25) is 4.79 Å². The molecule has 0 heterocycles. The van der Waals surface area contributed by atoms with Gasteiger partial charge in [0, 0.05) is 12.1 Å². The number of nitrogens with zero attached hydrogens (tertiary/aromatic N) is 1. The normalized spacial score (nSPS) is 12.5. The number of halogens is 2. The minimum absolute atomic E-state index is 0.0550. The quantitative estimate of drug-likeness (QED) is 0.559. The Morgan fingerprint density at radius 2 is 1.69 bits per heavy atom. The van der Waals surface area contributed by atoms with Crippen LogP contribution >= 0.6 is 38.5 Å². The third-order valence-electron chi connectivity index (χ3n) is 1.65. The molecule has 0 aliphatic carbocycles. The first-order valence-corrected chi connectivity index (χ1v) is 6.24. The van der Waals surface area contributed by atoms with Crippen molar-refractivity contribution in [3.8, 4) is 0 Å². The van der Waals surface area contributed by atoms with E-state index >= 15 is 0 Å². The molecule has 13 heavy (non-hydrogen) atoms. The monoisotopic (exact) mass is 359 g/mol. The maximum absolute atomic E-state index is 11.8. The minimum atomic E-state index is 0.0550. The van der Waals surface area contributed by atoms with Crippen LogP contribution in [0.15, 0.2) is 8.57 Å². The van der Waals surface area contributed by atoms with E-state index in [0.717, 1.165) is 0 Å². The third-order valence-corrected chi connectivity index (χ3v) is 3.69. The standard InChI is InChI=1S/C9H15BrINO/c1-6(2)12(7(3)4)9(13)8(10)5-11/h5-7H,1-4H3/b8-5-. The summed E-state index contributed by atoms with van der Waals surface area (Å²) in [5.41, 5.74) is 0. The molecule has 0 radical (unpaired) electrons. The molecule has 0 atom stereocenters. The van der Waals surface area contributed by atoms with Crippen LogP contribution in [0.5, 0.6) is 0 Å². The molecule has 1 amide bonds. The molecule has 0 rings (SSSR count). The fourth-order valence-electron chi connectivity index (χ4n) is 1.24. The van der Waals surface area contributed by atoms with Crippen molar-refractivity contribution in [3.05, 3.63) is 8.57 Å². The maximum atomic E-state index is 11.8. The predicted octanol–water partition coefficient (Wildman–Crippen LogP) is 3.30. The highest BCUT2D eigenvalue weighted by molar-refractivity contribution is 14.1. The highest BCUT2D eigenvalue weighted by atomic mass is 127. The number of amides is 1. The van der Waals surface area contributed by atoms with Crippen LogP contribution in [0.4, 0.5) is 0 Å². The number of carbonyl (C=O) groups is 1. The number of rotatable bonds is 3. The lowest BCUT2D eigenvalue weighted by Crippen LogP contribution is -2.42. The van der Waals surface area contributed by atoms with Crippen molar-refractivity contribution >= 4 is 44.4 Å². The molecule has 0 unspecified atom stereocenters. The molecule has 0 aromatic rings. The summed E-state index contributed by atoms with van der Waals surface area (Å²) in [7, 11) is 0. The van der Waals surface area contributed by atoms with Gasteiger partial charge in [-0.15, -0.1) is 0 Å². The van der Waals surface area contributed by atoms with Crippen molar-refractivity contribution in [1.29, 1.82) is 0 Å². The van der Waals surface area contributed by atoms with E-state index in [1.54, 1.807) is 4.08 Å². The molecule has 2 nitrogen and oxygen atoms in total. The molecular weight excluding hydrogens is 345 g/mol. The summed E-state index contributed by atoms with van der Waals surface area (Å²) < 4.78 is 2.37.